The van der Waals surface area contributed by atoms with E-state index in [9.17, 15) is 19.2 Å². The summed E-state index contributed by atoms with van der Waals surface area (Å²) in [6, 6.07) is 6.86. The molecule has 1 aromatic carbocycles. The zero-order valence-electron chi connectivity index (χ0n) is 18.0. The Morgan fingerprint density at radius 2 is 2.03 bits per heavy atom. The number of nitrogens with zero attached hydrogens (tertiary/aromatic N) is 4. The molecule has 4 amide bonds. The van der Waals surface area contributed by atoms with Crippen LogP contribution in [0.3, 0.4) is 0 Å². The molecule has 1 unspecified atom stereocenters. The van der Waals surface area contributed by atoms with E-state index in [0.717, 1.165) is 16.0 Å². The van der Waals surface area contributed by atoms with Crippen molar-refractivity contribution in [2.24, 2.45) is 0 Å². The molecule has 2 aliphatic rings. The lowest BCUT2D eigenvalue weighted by Gasteiger charge is -2.29. The summed E-state index contributed by atoms with van der Waals surface area (Å²) < 4.78 is 5.34. The molecular formula is C22H23N5O5. The van der Waals surface area contributed by atoms with E-state index in [4.69, 9.17) is 4.52 Å². The second kappa shape index (κ2) is 8.37. The maximum Gasteiger partial charge on any atom is 0.277 e. The highest BCUT2D eigenvalue weighted by molar-refractivity contribution is 6.18. The van der Waals surface area contributed by atoms with E-state index in [1.54, 1.807) is 7.05 Å². The number of benzene rings is 1. The van der Waals surface area contributed by atoms with Gasteiger partial charge in [0, 0.05) is 25.1 Å². The standard InChI is InChI=1S/C22H23N5O5/c1-12(2)13-5-4-6-14(9-13)20-24-18(32-25-20)11-26(3)16-10-19(29)27(22(16)31)15-7-8-17(28)23-21(15)30/h4-6,9-10,12,15H,7-8,11H2,1-3H3,(H,23,28,30). The third kappa shape index (κ3) is 4.03. The second-order valence-corrected chi connectivity index (χ2v) is 8.16. The smallest absolute Gasteiger partial charge is 0.277 e. The van der Waals surface area contributed by atoms with Crippen molar-refractivity contribution >= 4 is 23.6 Å². The van der Waals surface area contributed by atoms with Crippen LogP contribution in [-0.2, 0) is 25.7 Å². The minimum absolute atomic E-state index is 0.0708. The zero-order chi connectivity index (χ0) is 23.0. The number of imide groups is 2. The summed E-state index contributed by atoms with van der Waals surface area (Å²) in [5.74, 6) is -1.19. The summed E-state index contributed by atoms with van der Waals surface area (Å²) in [5, 5.41) is 6.19. The topological polar surface area (TPSA) is 126 Å². The summed E-state index contributed by atoms with van der Waals surface area (Å²) in [5.41, 5.74) is 2.09. The van der Waals surface area contributed by atoms with Crippen LogP contribution < -0.4 is 5.32 Å². The van der Waals surface area contributed by atoms with E-state index in [-0.39, 0.29) is 31.0 Å². The number of piperidine rings is 1. The molecular weight excluding hydrogens is 414 g/mol. The van der Waals surface area contributed by atoms with E-state index in [1.165, 1.54) is 11.0 Å². The number of hydrogen-bond donors (Lipinski definition) is 1. The van der Waals surface area contributed by atoms with Crippen molar-refractivity contribution in [2.45, 2.75) is 45.2 Å². The molecule has 166 valence electrons. The van der Waals surface area contributed by atoms with E-state index in [0.29, 0.717) is 11.7 Å². The Morgan fingerprint density at radius 3 is 2.75 bits per heavy atom. The van der Waals surface area contributed by atoms with Crippen LogP contribution in [0.2, 0.25) is 0 Å². The highest BCUT2D eigenvalue weighted by Crippen LogP contribution is 2.25. The second-order valence-electron chi connectivity index (χ2n) is 8.16. The van der Waals surface area contributed by atoms with Crippen LogP contribution in [0.5, 0.6) is 0 Å². The maximum atomic E-state index is 12.9. The SMILES string of the molecule is CC(C)c1cccc(-c2noc(CN(C)C3=CC(=O)N(C4CCC(=O)NC4=O)C3=O)n2)c1. The molecule has 3 heterocycles. The van der Waals surface area contributed by atoms with Gasteiger partial charge in [0.15, 0.2) is 0 Å². The first-order chi connectivity index (χ1) is 15.2. The van der Waals surface area contributed by atoms with Crippen LogP contribution in [0.1, 0.15) is 44.1 Å². The molecule has 2 aromatic rings. The number of hydrogen-bond acceptors (Lipinski definition) is 8. The van der Waals surface area contributed by atoms with Gasteiger partial charge in [0.05, 0.1) is 6.54 Å². The zero-order valence-corrected chi connectivity index (χ0v) is 18.0. The van der Waals surface area contributed by atoms with Crippen LogP contribution >= 0.6 is 0 Å². The first-order valence-corrected chi connectivity index (χ1v) is 10.3. The molecule has 4 rings (SSSR count). The van der Waals surface area contributed by atoms with Gasteiger partial charge in [-0.05, 0) is 24.0 Å². The van der Waals surface area contributed by atoms with E-state index < -0.39 is 29.7 Å². The predicted octanol–water partition coefficient (Wildman–Crippen LogP) is 1.35. The molecule has 1 aromatic heterocycles. The molecule has 0 bridgehead atoms. The largest absolute Gasteiger partial charge is 0.361 e. The van der Waals surface area contributed by atoms with Gasteiger partial charge in [0.25, 0.3) is 11.8 Å². The number of carbonyl (C=O) groups is 4. The number of rotatable bonds is 6. The molecule has 0 spiro atoms. The summed E-state index contributed by atoms with van der Waals surface area (Å²) >= 11 is 0. The summed E-state index contributed by atoms with van der Waals surface area (Å²) in [6.07, 6.45) is 1.35. The lowest BCUT2D eigenvalue weighted by molar-refractivity contribution is -0.150. The molecule has 2 aliphatic heterocycles. The third-order valence-corrected chi connectivity index (χ3v) is 5.52. The molecule has 0 radical (unpaired) electrons. The number of amides is 4. The fraction of sp³-hybridized carbons (Fsp3) is 0.364. The number of nitrogens with one attached hydrogen (secondary N) is 1. The Morgan fingerprint density at radius 1 is 1.25 bits per heavy atom. The fourth-order valence-corrected chi connectivity index (χ4v) is 3.73. The van der Waals surface area contributed by atoms with Crippen molar-refractivity contribution in [3.63, 3.8) is 0 Å². The average Bonchev–Trinajstić information content (AvgIpc) is 3.33. The van der Waals surface area contributed by atoms with Crippen molar-refractivity contribution in [3.05, 3.63) is 47.5 Å². The Bertz CT molecular complexity index is 1140. The minimum Gasteiger partial charge on any atom is -0.361 e. The molecule has 32 heavy (non-hydrogen) atoms. The third-order valence-electron chi connectivity index (χ3n) is 5.52. The van der Waals surface area contributed by atoms with Crippen LogP contribution in [0.4, 0.5) is 0 Å². The van der Waals surface area contributed by atoms with Gasteiger partial charge in [0.2, 0.25) is 23.5 Å². The lowest BCUT2D eigenvalue weighted by atomic mass is 10.0. The van der Waals surface area contributed by atoms with E-state index >= 15 is 0 Å². The molecule has 10 nitrogen and oxygen atoms in total. The number of likely N-dealkylation sites (N-methyl/N-ethyl adjacent to an activating group) is 1. The molecule has 0 saturated carbocycles. The average molecular weight is 437 g/mol. The summed E-state index contributed by atoms with van der Waals surface area (Å²) in [7, 11) is 1.62. The molecule has 1 saturated heterocycles. The van der Waals surface area contributed by atoms with Crippen LogP contribution in [0, 0.1) is 0 Å². The van der Waals surface area contributed by atoms with Crippen molar-refractivity contribution in [3.8, 4) is 11.4 Å². The lowest BCUT2D eigenvalue weighted by Crippen LogP contribution is -2.54. The Labute approximate surface area is 184 Å². The quantitative estimate of drug-likeness (QED) is 0.671. The van der Waals surface area contributed by atoms with Gasteiger partial charge < -0.3 is 9.42 Å². The van der Waals surface area contributed by atoms with Crippen molar-refractivity contribution in [1.29, 1.82) is 0 Å². The summed E-state index contributed by atoms with van der Waals surface area (Å²) in [4.78, 5) is 55.6. The van der Waals surface area contributed by atoms with Crippen LogP contribution in [0.15, 0.2) is 40.6 Å². The van der Waals surface area contributed by atoms with Crippen LogP contribution in [0.25, 0.3) is 11.4 Å². The van der Waals surface area contributed by atoms with Gasteiger partial charge in [-0.2, -0.15) is 4.98 Å². The highest BCUT2D eigenvalue weighted by atomic mass is 16.5. The van der Waals surface area contributed by atoms with Crippen LogP contribution in [-0.4, -0.2) is 56.7 Å². The Kier molecular flexibility index (Phi) is 5.60. The van der Waals surface area contributed by atoms with Gasteiger partial charge >= 0.3 is 0 Å². The predicted molar refractivity (Wildman–Crippen MR) is 111 cm³/mol. The first-order valence-electron chi connectivity index (χ1n) is 10.3. The van der Waals surface area contributed by atoms with Gasteiger partial charge in [-0.3, -0.25) is 29.4 Å². The Hall–Kier alpha value is -3.82. The van der Waals surface area contributed by atoms with Crippen molar-refractivity contribution < 1.29 is 23.7 Å². The highest BCUT2D eigenvalue weighted by Gasteiger charge is 2.43. The van der Waals surface area contributed by atoms with E-state index in [2.05, 4.69) is 29.3 Å². The number of aromatic nitrogens is 2. The van der Waals surface area contributed by atoms with Crippen molar-refractivity contribution in [2.75, 3.05) is 7.05 Å². The Balaban J connectivity index is 1.46. The number of carbonyl (C=O) groups excluding carboxylic acids is 4. The van der Waals surface area contributed by atoms with Gasteiger partial charge in [-0.25, -0.2) is 0 Å². The van der Waals surface area contributed by atoms with E-state index in [1.807, 2.05) is 24.3 Å². The fourth-order valence-electron chi connectivity index (χ4n) is 3.73. The molecule has 1 atom stereocenters. The van der Waals surface area contributed by atoms with Gasteiger partial charge in [-0.1, -0.05) is 37.2 Å². The summed E-state index contributed by atoms with van der Waals surface area (Å²) in [6.45, 7) is 4.30. The molecule has 1 fully saturated rings. The van der Waals surface area contributed by atoms with Gasteiger partial charge in [-0.15, -0.1) is 0 Å². The molecule has 1 N–H and O–H groups in total. The van der Waals surface area contributed by atoms with Crippen molar-refractivity contribution in [1.82, 2.24) is 25.3 Å². The first kappa shape index (κ1) is 21.4. The molecule has 10 heteroatoms. The monoisotopic (exact) mass is 437 g/mol. The van der Waals surface area contributed by atoms with Gasteiger partial charge in [0.1, 0.15) is 11.7 Å². The maximum absolute atomic E-state index is 12.9. The normalized spacial score (nSPS) is 18.9. The minimum atomic E-state index is -1.00. The molecule has 0 aliphatic carbocycles.